The number of nitrogens with one attached hydrogen (secondary N) is 1. The molecule has 2 heterocycles. The third kappa shape index (κ3) is 5.70. The molecule has 2 aromatic carbocycles. The van der Waals surface area contributed by atoms with Crippen LogP contribution in [0, 0.1) is 5.82 Å². The van der Waals surface area contributed by atoms with Crippen molar-refractivity contribution in [2.45, 2.75) is 13.0 Å². The summed E-state index contributed by atoms with van der Waals surface area (Å²) < 4.78 is 20.3. The highest BCUT2D eigenvalue weighted by Crippen LogP contribution is 2.28. The molecule has 2 fully saturated rings. The van der Waals surface area contributed by atoms with Crippen LogP contribution in [-0.4, -0.2) is 74.8 Å². The largest absolute Gasteiger partial charge is 0.442 e. The number of cyclic esters (lactones) is 1. The molecule has 0 aromatic heterocycles. The highest BCUT2D eigenvalue weighted by atomic mass is 19.1. The lowest BCUT2D eigenvalue weighted by Gasteiger charge is -2.24. The monoisotopic (exact) mass is 470 g/mol. The maximum atomic E-state index is 15.0. The van der Waals surface area contributed by atoms with Gasteiger partial charge in [0, 0.05) is 32.1 Å². The van der Waals surface area contributed by atoms with Gasteiger partial charge in [0.05, 0.1) is 37.6 Å². The maximum Gasteiger partial charge on any atom is 0.414 e. The fourth-order valence-electron chi connectivity index (χ4n) is 3.95. The molecule has 2 aliphatic rings. The van der Waals surface area contributed by atoms with Crippen LogP contribution in [0.25, 0.3) is 0 Å². The number of ether oxygens (including phenoxy) is 1. The van der Waals surface area contributed by atoms with Gasteiger partial charge >= 0.3 is 6.09 Å². The van der Waals surface area contributed by atoms with E-state index in [1.807, 2.05) is 23.1 Å². The summed E-state index contributed by atoms with van der Waals surface area (Å²) in [5.41, 5.74) is 1.40. The molecule has 0 unspecified atom stereocenters. The highest BCUT2D eigenvalue weighted by Gasteiger charge is 2.33. The Bertz CT molecular complexity index is 1050. The first-order valence-corrected chi connectivity index (χ1v) is 11.1. The van der Waals surface area contributed by atoms with Gasteiger partial charge < -0.3 is 15.0 Å². The van der Waals surface area contributed by atoms with Crippen molar-refractivity contribution in [3.05, 3.63) is 59.9 Å². The minimum atomic E-state index is -0.579. The van der Waals surface area contributed by atoms with Crippen molar-refractivity contribution >= 4 is 29.2 Å². The first kappa shape index (κ1) is 23.7. The zero-order valence-corrected chi connectivity index (χ0v) is 18.9. The topological polar surface area (TPSA) is 91.4 Å². The van der Waals surface area contributed by atoms with Gasteiger partial charge in [-0.25, -0.2) is 9.18 Å². The van der Waals surface area contributed by atoms with E-state index in [9.17, 15) is 14.4 Å². The molecule has 0 saturated carbocycles. The van der Waals surface area contributed by atoms with Gasteiger partial charge in [-0.15, -0.1) is 0 Å². The zero-order chi connectivity index (χ0) is 24.1. The summed E-state index contributed by atoms with van der Waals surface area (Å²) in [6, 6.07) is 13.6. The number of halogens is 1. The number of ketones is 1. The molecule has 4 rings (SSSR count). The van der Waals surface area contributed by atoms with Gasteiger partial charge in [-0.3, -0.25) is 19.3 Å². The van der Waals surface area contributed by atoms with Crippen molar-refractivity contribution in [2.24, 2.45) is 0 Å². The number of rotatable bonds is 7. The summed E-state index contributed by atoms with van der Waals surface area (Å²) in [5, 5.41) is 4.22. The Balaban J connectivity index is 1.36. The molecule has 0 spiro atoms. The molecule has 2 amide bonds. The molecule has 0 radical (unpaired) electrons. The fourth-order valence-corrected chi connectivity index (χ4v) is 3.95. The molecular formula is C24H27FN4O5. The van der Waals surface area contributed by atoms with E-state index >= 15 is 4.39 Å². The van der Waals surface area contributed by atoms with E-state index in [0.717, 1.165) is 0 Å². The summed E-state index contributed by atoms with van der Waals surface area (Å²) in [4.78, 5) is 44.7. The molecule has 2 aliphatic heterocycles. The van der Waals surface area contributed by atoms with Crippen molar-refractivity contribution < 1.29 is 28.3 Å². The lowest BCUT2D eigenvalue weighted by molar-refractivity contribution is -0.139. The first-order valence-electron chi connectivity index (χ1n) is 11.1. The van der Waals surface area contributed by atoms with E-state index in [-0.39, 0.29) is 31.3 Å². The van der Waals surface area contributed by atoms with E-state index < -0.39 is 18.0 Å². The molecule has 0 aliphatic carbocycles. The number of amides is 2. The third-order valence-electron chi connectivity index (χ3n) is 5.71. The van der Waals surface area contributed by atoms with Gasteiger partial charge in [-0.2, -0.15) is 5.06 Å². The molecule has 34 heavy (non-hydrogen) atoms. The molecule has 2 aromatic rings. The number of carbonyl (C=O) groups excluding carboxylic acids is 3. The van der Waals surface area contributed by atoms with Crippen LogP contribution in [0.4, 0.5) is 20.6 Å². The molecule has 10 heteroatoms. The Morgan fingerprint density at radius 3 is 2.65 bits per heavy atom. The minimum Gasteiger partial charge on any atom is -0.442 e. The van der Waals surface area contributed by atoms with Crippen molar-refractivity contribution in [3.63, 3.8) is 0 Å². The quantitative estimate of drug-likeness (QED) is 0.621. The molecule has 1 N–H and O–H groups in total. The molecule has 1 atom stereocenters. The number of hydrogen-bond donors (Lipinski definition) is 1. The Kier molecular flexibility index (Phi) is 7.39. The van der Waals surface area contributed by atoms with Crippen LogP contribution >= 0.6 is 0 Å². The van der Waals surface area contributed by atoms with E-state index in [4.69, 9.17) is 9.57 Å². The summed E-state index contributed by atoms with van der Waals surface area (Å²) in [6.07, 6.45) is -1.07. The van der Waals surface area contributed by atoms with Crippen LogP contribution in [0.5, 0.6) is 0 Å². The number of Topliss-reactive ketones (excluding diaryl/α,β-unsaturated/α-hetero) is 1. The standard InChI is InChI=1S/C24H27FN4O5/c1-17(30)26-14-20-15-29(24(32)34-20)19-7-8-22(21(25)13-19)27-9-10-28(33-12-11-27)16-23(31)18-5-3-2-4-6-18/h2-8,13,20H,9-12,14-16H2,1H3,(H,26,30)/t20-/m0/s1. The predicted octanol–water partition coefficient (Wildman–Crippen LogP) is 2.22. The summed E-state index contributed by atoms with van der Waals surface area (Å²) >= 11 is 0. The van der Waals surface area contributed by atoms with Gasteiger partial charge in [-0.1, -0.05) is 30.3 Å². The van der Waals surface area contributed by atoms with Gasteiger partial charge in [-0.05, 0) is 18.2 Å². The molecule has 2 saturated heterocycles. The highest BCUT2D eigenvalue weighted by molar-refractivity contribution is 5.97. The van der Waals surface area contributed by atoms with Gasteiger partial charge in [0.1, 0.15) is 11.9 Å². The Morgan fingerprint density at radius 1 is 1.12 bits per heavy atom. The number of hydrogen-bond acceptors (Lipinski definition) is 7. The van der Waals surface area contributed by atoms with Crippen LogP contribution in [0.3, 0.4) is 0 Å². The second kappa shape index (κ2) is 10.6. The lowest BCUT2D eigenvalue weighted by Crippen LogP contribution is -2.34. The fraction of sp³-hybridized carbons (Fsp3) is 0.375. The lowest BCUT2D eigenvalue weighted by atomic mass is 10.1. The molecule has 0 bridgehead atoms. The van der Waals surface area contributed by atoms with E-state index in [2.05, 4.69) is 5.32 Å². The number of anilines is 2. The van der Waals surface area contributed by atoms with Crippen LogP contribution in [0.15, 0.2) is 48.5 Å². The summed E-state index contributed by atoms with van der Waals surface area (Å²) in [6.45, 7) is 3.61. The SMILES string of the molecule is CC(=O)NC[C@H]1CN(c2ccc(N3CCON(CC(=O)c4ccccc4)CC3)c(F)c2)C(=O)O1. The van der Waals surface area contributed by atoms with Crippen LogP contribution in [-0.2, 0) is 14.4 Å². The van der Waals surface area contributed by atoms with Crippen molar-refractivity contribution in [2.75, 3.05) is 55.7 Å². The van der Waals surface area contributed by atoms with Crippen LogP contribution in [0.1, 0.15) is 17.3 Å². The summed E-state index contributed by atoms with van der Waals surface area (Å²) in [5.74, 6) is -0.724. The van der Waals surface area contributed by atoms with Crippen molar-refractivity contribution in [1.82, 2.24) is 10.4 Å². The van der Waals surface area contributed by atoms with E-state index in [1.165, 1.54) is 17.9 Å². The number of carbonyl (C=O) groups is 3. The van der Waals surface area contributed by atoms with E-state index in [1.54, 1.807) is 29.3 Å². The first-order chi connectivity index (χ1) is 16.4. The second-order valence-corrected chi connectivity index (χ2v) is 8.16. The van der Waals surface area contributed by atoms with Crippen molar-refractivity contribution in [3.8, 4) is 0 Å². The van der Waals surface area contributed by atoms with Crippen molar-refractivity contribution in [1.29, 1.82) is 0 Å². The predicted molar refractivity (Wildman–Crippen MR) is 123 cm³/mol. The van der Waals surface area contributed by atoms with E-state index in [0.29, 0.717) is 43.2 Å². The van der Waals surface area contributed by atoms with Gasteiger partial charge in [0.2, 0.25) is 5.91 Å². The summed E-state index contributed by atoms with van der Waals surface area (Å²) in [7, 11) is 0. The Labute approximate surface area is 197 Å². The van der Waals surface area contributed by atoms with Gasteiger partial charge in [0.15, 0.2) is 5.78 Å². The minimum absolute atomic E-state index is 0.0427. The van der Waals surface area contributed by atoms with Crippen LogP contribution < -0.4 is 15.1 Å². The normalized spacial score (nSPS) is 19.0. The maximum absolute atomic E-state index is 15.0. The number of hydroxylamine groups is 2. The molecular weight excluding hydrogens is 443 g/mol. The average molecular weight is 471 g/mol. The number of nitrogens with zero attached hydrogens (tertiary/aromatic N) is 3. The third-order valence-corrected chi connectivity index (χ3v) is 5.71. The smallest absolute Gasteiger partial charge is 0.414 e. The van der Waals surface area contributed by atoms with Gasteiger partial charge in [0.25, 0.3) is 0 Å². The zero-order valence-electron chi connectivity index (χ0n) is 18.9. The molecule has 180 valence electrons. The Morgan fingerprint density at radius 2 is 1.91 bits per heavy atom. The average Bonchev–Trinajstić information content (AvgIpc) is 3.05. The Hall–Kier alpha value is -3.50. The molecule has 9 nitrogen and oxygen atoms in total. The van der Waals surface area contributed by atoms with Crippen LogP contribution in [0.2, 0.25) is 0 Å². The number of benzene rings is 2. The second-order valence-electron chi connectivity index (χ2n) is 8.16.